The number of thiazole rings is 1. The molecule has 1 amide bonds. The van der Waals surface area contributed by atoms with Crippen LogP contribution in [-0.4, -0.2) is 31.7 Å². The number of sulfone groups is 1. The first-order valence-electron chi connectivity index (χ1n) is 8.10. The summed E-state index contributed by atoms with van der Waals surface area (Å²) in [5.74, 6) is 0.442. The number of carbonyl (C=O) groups is 1. The van der Waals surface area contributed by atoms with E-state index in [0.29, 0.717) is 17.3 Å². The van der Waals surface area contributed by atoms with Crippen LogP contribution in [-0.2, 0) is 9.84 Å². The van der Waals surface area contributed by atoms with Crippen LogP contribution in [0.5, 0.6) is 5.75 Å². The number of fused-ring (bicyclic) bond motifs is 1. The first kappa shape index (κ1) is 18.3. The molecule has 8 heteroatoms. The maximum Gasteiger partial charge on any atom is 0.257 e. The minimum Gasteiger partial charge on any atom is -0.494 e. The van der Waals surface area contributed by atoms with Crippen molar-refractivity contribution in [1.82, 2.24) is 4.98 Å². The number of benzene rings is 2. The Balaban J connectivity index is 1.78. The van der Waals surface area contributed by atoms with Crippen molar-refractivity contribution in [3.63, 3.8) is 0 Å². The van der Waals surface area contributed by atoms with Gasteiger partial charge in [-0.05, 0) is 49.4 Å². The molecule has 2 aromatic carbocycles. The van der Waals surface area contributed by atoms with Gasteiger partial charge in [-0.1, -0.05) is 18.3 Å². The van der Waals surface area contributed by atoms with Crippen molar-refractivity contribution in [2.24, 2.45) is 0 Å². The molecule has 26 heavy (non-hydrogen) atoms. The summed E-state index contributed by atoms with van der Waals surface area (Å²) in [6, 6.07) is 11.5. The molecule has 0 aliphatic rings. The molecule has 0 bridgehead atoms. The number of amides is 1. The Kier molecular flexibility index (Phi) is 5.24. The molecule has 3 aromatic rings. The van der Waals surface area contributed by atoms with E-state index in [1.54, 1.807) is 6.92 Å². The highest BCUT2D eigenvalue weighted by molar-refractivity contribution is 7.91. The fourth-order valence-corrected chi connectivity index (χ4v) is 4.14. The second-order valence-corrected chi connectivity index (χ2v) is 8.77. The predicted octanol–water partition coefficient (Wildman–Crippen LogP) is 3.74. The number of rotatable bonds is 6. The van der Waals surface area contributed by atoms with Gasteiger partial charge in [-0.2, -0.15) is 0 Å². The van der Waals surface area contributed by atoms with Crippen molar-refractivity contribution >= 4 is 42.4 Å². The fraction of sp³-hybridized carbons (Fsp3) is 0.222. The molecule has 0 atom stereocenters. The molecule has 0 saturated carbocycles. The van der Waals surface area contributed by atoms with E-state index in [2.05, 4.69) is 10.3 Å². The summed E-state index contributed by atoms with van der Waals surface area (Å²) >= 11 is 1.35. The third-order valence-corrected chi connectivity index (χ3v) is 6.43. The predicted molar refractivity (Wildman–Crippen MR) is 103 cm³/mol. The lowest BCUT2D eigenvalue weighted by Crippen LogP contribution is -2.12. The quantitative estimate of drug-likeness (QED) is 0.693. The highest BCUT2D eigenvalue weighted by atomic mass is 32.2. The molecule has 6 nitrogen and oxygen atoms in total. The van der Waals surface area contributed by atoms with Gasteiger partial charge in [0.1, 0.15) is 5.75 Å². The Hall–Kier alpha value is -2.45. The zero-order valence-corrected chi connectivity index (χ0v) is 16.0. The Morgan fingerprint density at radius 1 is 1.15 bits per heavy atom. The summed E-state index contributed by atoms with van der Waals surface area (Å²) in [7, 11) is -3.28. The van der Waals surface area contributed by atoms with E-state index in [0.717, 1.165) is 16.0 Å². The van der Waals surface area contributed by atoms with Gasteiger partial charge < -0.3 is 4.74 Å². The number of hydrogen-bond acceptors (Lipinski definition) is 6. The molecule has 0 aliphatic heterocycles. The minimum atomic E-state index is -3.28. The standard InChI is InChI=1S/C18H18N2O4S2/c1-3-24-13-7-10-15-16(11-13)25-18(19-15)20-17(21)12-5-8-14(9-6-12)26(22,23)4-2/h5-11H,3-4H2,1-2H3,(H,19,20,21). The number of carbonyl (C=O) groups excluding carboxylic acids is 1. The first-order valence-corrected chi connectivity index (χ1v) is 10.6. The van der Waals surface area contributed by atoms with Gasteiger partial charge in [0.25, 0.3) is 5.91 Å². The molecule has 1 heterocycles. The van der Waals surface area contributed by atoms with Crippen LogP contribution in [0.2, 0.25) is 0 Å². The number of nitrogens with zero attached hydrogens (tertiary/aromatic N) is 1. The SMILES string of the molecule is CCOc1ccc2nc(NC(=O)c3ccc(S(=O)(=O)CC)cc3)sc2c1. The second-order valence-electron chi connectivity index (χ2n) is 5.46. The van der Waals surface area contributed by atoms with Gasteiger partial charge in [-0.25, -0.2) is 13.4 Å². The molecular formula is C18H18N2O4S2. The molecular weight excluding hydrogens is 372 g/mol. The van der Waals surface area contributed by atoms with E-state index in [4.69, 9.17) is 4.74 Å². The molecule has 0 radical (unpaired) electrons. The van der Waals surface area contributed by atoms with Crippen molar-refractivity contribution in [3.8, 4) is 5.75 Å². The average molecular weight is 390 g/mol. The van der Waals surface area contributed by atoms with Gasteiger partial charge in [-0.15, -0.1) is 0 Å². The summed E-state index contributed by atoms with van der Waals surface area (Å²) < 4.78 is 30.0. The Morgan fingerprint density at radius 3 is 2.54 bits per heavy atom. The maximum absolute atomic E-state index is 12.4. The monoisotopic (exact) mass is 390 g/mol. The van der Waals surface area contributed by atoms with Crippen LogP contribution in [0.15, 0.2) is 47.4 Å². The van der Waals surface area contributed by atoms with E-state index >= 15 is 0 Å². The molecule has 1 aromatic heterocycles. The summed E-state index contributed by atoms with van der Waals surface area (Å²) in [5, 5.41) is 3.23. The number of anilines is 1. The molecule has 136 valence electrons. The van der Waals surface area contributed by atoms with Crippen LogP contribution < -0.4 is 10.1 Å². The van der Waals surface area contributed by atoms with E-state index in [-0.39, 0.29) is 16.6 Å². The van der Waals surface area contributed by atoms with Crippen molar-refractivity contribution in [3.05, 3.63) is 48.0 Å². The average Bonchev–Trinajstić information content (AvgIpc) is 3.03. The molecule has 1 N–H and O–H groups in total. The van der Waals surface area contributed by atoms with E-state index < -0.39 is 9.84 Å². The molecule has 0 fully saturated rings. The summed E-state index contributed by atoms with van der Waals surface area (Å²) in [4.78, 5) is 17.0. The van der Waals surface area contributed by atoms with Crippen LogP contribution in [0.4, 0.5) is 5.13 Å². The third-order valence-electron chi connectivity index (χ3n) is 3.75. The van der Waals surface area contributed by atoms with Gasteiger partial charge in [0.15, 0.2) is 15.0 Å². The molecule has 0 saturated heterocycles. The second kappa shape index (κ2) is 7.43. The zero-order valence-electron chi connectivity index (χ0n) is 14.4. The number of aromatic nitrogens is 1. The van der Waals surface area contributed by atoms with E-state index in [1.165, 1.54) is 35.6 Å². The summed E-state index contributed by atoms with van der Waals surface area (Å²) in [6.07, 6.45) is 0. The maximum atomic E-state index is 12.4. The lowest BCUT2D eigenvalue weighted by Gasteiger charge is -2.04. The van der Waals surface area contributed by atoms with Crippen LogP contribution in [0.3, 0.4) is 0 Å². The smallest absolute Gasteiger partial charge is 0.257 e. The molecule has 0 aliphatic carbocycles. The van der Waals surface area contributed by atoms with Crippen molar-refractivity contribution < 1.29 is 17.9 Å². The summed E-state index contributed by atoms with van der Waals surface area (Å²) in [5.41, 5.74) is 1.15. The normalized spacial score (nSPS) is 11.5. The zero-order chi connectivity index (χ0) is 18.7. The summed E-state index contributed by atoms with van der Waals surface area (Å²) in [6.45, 7) is 4.08. The topological polar surface area (TPSA) is 85.4 Å². The van der Waals surface area contributed by atoms with Gasteiger partial charge in [-0.3, -0.25) is 10.1 Å². The Morgan fingerprint density at radius 2 is 1.88 bits per heavy atom. The molecule has 0 unspecified atom stereocenters. The van der Waals surface area contributed by atoms with Crippen LogP contribution in [0.1, 0.15) is 24.2 Å². The van der Waals surface area contributed by atoms with Crippen LogP contribution >= 0.6 is 11.3 Å². The fourth-order valence-electron chi connectivity index (χ4n) is 2.36. The number of hydrogen-bond donors (Lipinski definition) is 1. The van der Waals surface area contributed by atoms with Crippen molar-refractivity contribution in [2.45, 2.75) is 18.7 Å². The third kappa shape index (κ3) is 3.86. The molecule has 0 spiro atoms. The number of ether oxygens (including phenoxy) is 1. The van der Waals surface area contributed by atoms with Crippen LogP contribution in [0, 0.1) is 0 Å². The van der Waals surface area contributed by atoms with Gasteiger partial charge >= 0.3 is 0 Å². The highest BCUT2D eigenvalue weighted by Crippen LogP contribution is 2.29. The van der Waals surface area contributed by atoms with Crippen molar-refractivity contribution in [1.29, 1.82) is 0 Å². The van der Waals surface area contributed by atoms with Gasteiger partial charge in [0.2, 0.25) is 0 Å². The highest BCUT2D eigenvalue weighted by Gasteiger charge is 2.14. The van der Waals surface area contributed by atoms with Gasteiger partial charge in [0.05, 0.1) is 27.5 Å². The number of nitrogens with one attached hydrogen (secondary N) is 1. The van der Waals surface area contributed by atoms with E-state index in [9.17, 15) is 13.2 Å². The molecule has 3 rings (SSSR count). The Bertz CT molecular complexity index is 1040. The Labute approximate surface area is 155 Å². The minimum absolute atomic E-state index is 0.0218. The van der Waals surface area contributed by atoms with Gasteiger partial charge in [0, 0.05) is 5.56 Å². The van der Waals surface area contributed by atoms with E-state index in [1.807, 2.05) is 25.1 Å². The van der Waals surface area contributed by atoms with Crippen molar-refractivity contribution in [2.75, 3.05) is 17.7 Å². The largest absolute Gasteiger partial charge is 0.494 e. The lowest BCUT2D eigenvalue weighted by molar-refractivity contribution is 0.102. The van der Waals surface area contributed by atoms with Crippen LogP contribution in [0.25, 0.3) is 10.2 Å². The lowest BCUT2D eigenvalue weighted by atomic mass is 10.2. The first-order chi connectivity index (χ1) is 12.4.